The second kappa shape index (κ2) is 3.00. The molecule has 1 aliphatic rings. The molecule has 1 fully saturated rings. The summed E-state index contributed by atoms with van der Waals surface area (Å²) in [6.07, 6.45) is 0. The molecule has 0 saturated carbocycles. The first kappa shape index (κ1) is 8.51. The van der Waals surface area contributed by atoms with Gasteiger partial charge in [0.25, 0.3) is 0 Å². The van der Waals surface area contributed by atoms with Gasteiger partial charge in [0.2, 0.25) is 0 Å². The molecule has 13 heavy (non-hydrogen) atoms. The molecular weight excluding hydrogens is 171 g/mol. The standard InChI is InChI=1S/C10H11FO2/c1-10(7-13-10)6-12-9-4-2-8(11)3-5-9/h2-5H,6-7H2,1H3. The Hall–Kier alpha value is -1.09. The molecule has 1 aromatic carbocycles. The number of benzene rings is 1. The molecule has 1 aliphatic heterocycles. The minimum atomic E-state index is -0.249. The van der Waals surface area contributed by atoms with Gasteiger partial charge in [0.05, 0.1) is 6.61 Å². The van der Waals surface area contributed by atoms with Crippen LogP contribution in [0.1, 0.15) is 6.92 Å². The fourth-order valence-corrected chi connectivity index (χ4v) is 0.973. The molecule has 0 aliphatic carbocycles. The summed E-state index contributed by atoms with van der Waals surface area (Å²) in [5.74, 6) is 0.430. The topological polar surface area (TPSA) is 21.8 Å². The van der Waals surface area contributed by atoms with Crippen molar-refractivity contribution in [2.24, 2.45) is 0 Å². The minimum Gasteiger partial charge on any atom is -0.490 e. The van der Waals surface area contributed by atoms with Crippen LogP contribution in [0.2, 0.25) is 0 Å². The molecule has 1 heterocycles. The van der Waals surface area contributed by atoms with E-state index in [4.69, 9.17) is 9.47 Å². The molecule has 1 saturated heterocycles. The van der Waals surface area contributed by atoms with Crippen molar-refractivity contribution in [3.8, 4) is 5.75 Å². The van der Waals surface area contributed by atoms with Crippen LogP contribution in [-0.2, 0) is 4.74 Å². The van der Waals surface area contributed by atoms with Gasteiger partial charge in [0, 0.05) is 0 Å². The van der Waals surface area contributed by atoms with E-state index in [0.29, 0.717) is 12.4 Å². The van der Waals surface area contributed by atoms with Gasteiger partial charge in [0.15, 0.2) is 0 Å². The zero-order valence-corrected chi connectivity index (χ0v) is 7.42. The second-order valence-electron chi connectivity index (χ2n) is 3.48. The molecule has 0 aromatic heterocycles. The quantitative estimate of drug-likeness (QED) is 0.667. The van der Waals surface area contributed by atoms with Crippen LogP contribution < -0.4 is 4.74 Å². The lowest BCUT2D eigenvalue weighted by molar-refractivity contribution is 0.202. The lowest BCUT2D eigenvalue weighted by Crippen LogP contribution is -2.16. The Morgan fingerprint density at radius 2 is 2.08 bits per heavy atom. The van der Waals surface area contributed by atoms with Crippen LogP contribution in [-0.4, -0.2) is 18.8 Å². The van der Waals surface area contributed by atoms with Crippen molar-refractivity contribution >= 4 is 0 Å². The molecule has 0 radical (unpaired) electrons. The van der Waals surface area contributed by atoms with E-state index in [2.05, 4.69) is 0 Å². The Bertz CT molecular complexity index is 290. The van der Waals surface area contributed by atoms with E-state index in [-0.39, 0.29) is 11.4 Å². The summed E-state index contributed by atoms with van der Waals surface area (Å²) in [6, 6.07) is 5.99. The maximum Gasteiger partial charge on any atom is 0.123 e. The van der Waals surface area contributed by atoms with Crippen LogP contribution in [0.4, 0.5) is 4.39 Å². The van der Waals surface area contributed by atoms with Gasteiger partial charge >= 0.3 is 0 Å². The number of epoxide rings is 1. The lowest BCUT2D eigenvalue weighted by Gasteiger charge is -2.07. The molecule has 1 atom stereocenters. The minimum absolute atomic E-state index is 0.117. The Labute approximate surface area is 76.3 Å². The maximum atomic E-state index is 12.5. The van der Waals surface area contributed by atoms with Crippen LogP contribution in [0.25, 0.3) is 0 Å². The first-order chi connectivity index (χ1) is 6.18. The summed E-state index contributed by atoms with van der Waals surface area (Å²) in [7, 11) is 0. The monoisotopic (exact) mass is 182 g/mol. The normalized spacial score (nSPS) is 25.7. The third-order valence-electron chi connectivity index (χ3n) is 1.99. The van der Waals surface area contributed by atoms with E-state index in [1.807, 2.05) is 6.92 Å². The average molecular weight is 182 g/mol. The first-order valence-electron chi connectivity index (χ1n) is 4.20. The number of rotatable bonds is 3. The SMILES string of the molecule is CC1(COc2ccc(F)cc2)CO1. The van der Waals surface area contributed by atoms with Crippen LogP contribution in [0.3, 0.4) is 0 Å². The van der Waals surface area contributed by atoms with Crippen molar-refractivity contribution in [2.75, 3.05) is 13.2 Å². The fourth-order valence-electron chi connectivity index (χ4n) is 0.973. The van der Waals surface area contributed by atoms with Crippen molar-refractivity contribution in [1.29, 1.82) is 0 Å². The predicted molar refractivity (Wildman–Crippen MR) is 46.3 cm³/mol. The van der Waals surface area contributed by atoms with Crippen LogP contribution in [0, 0.1) is 5.82 Å². The third-order valence-corrected chi connectivity index (χ3v) is 1.99. The van der Waals surface area contributed by atoms with Gasteiger partial charge in [0.1, 0.15) is 23.8 Å². The zero-order chi connectivity index (χ0) is 9.31. The lowest BCUT2D eigenvalue weighted by atomic mass is 10.2. The van der Waals surface area contributed by atoms with Crippen LogP contribution >= 0.6 is 0 Å². The van der Waals surface area contributed by atoms with Crippen molar-refractivity contribution in [1.82, 2.24) is 0 Å². The molecule has 2 nitrogen and oxygen atoms in total. The molecule has 70 valence electrons. The highest BCUT2D eigenvalue weighted by Crippen LogP contribution is 2.26. The van der Waals surface area contributed by atoms with E-state index >= 15 is 0 Å². The summed E-state index contributed by atoms with van der Waals surface area (Å²) < 4.78 is 23.0. The van der Waals surface area contributed by atoms with E-state index < -0.39 is 0 Å². The number of hydrogen-bond donors (Lipinski definition) is 0. The smallest absolute Gasteiger partial charge is 0.123 e. The molecular formula is C10H11FO2. The predicted octanol–water partition coefficient (Wildman–Crippen LogP) is 1.99. The van der Waals surface area contributed by atoms with E-state index in [9.17, 15) is 4.39 Å². The molecule has 2 rings (SSSR count). The molecule has 1 aromatic rings. The average Bonchev–Trinajstić information content (AvgIpc) is 2.84. The van der Waals surface area contributed by atoms with Gasteiger partial charge in [-0.05, 0) is 31.2 Å². The van der Waals surface area contributed by atoms with Crippen molar-refractivity contribution in [2.45, 2.75) is 12.5 Å². The second-order valence-corrected chi connectivity index (χ2v) is 3.48. The van der Waals surface area contributed by atoms with E-state index in [1.54, 1.807) is 12.1 Å². The molecule has 0 bridgehead atoms. The van der Waals surface area contributed by atoms with Gasteiger partial charge in [-0.15, -0.1) is 0 Å². The molecule has 3 heteroatoms. The third kappa shape index (κ3) is 2.18. The number of ether oxygens (including phenoxy) is 2. The summed E-state index contributed by atoms with van der Waals surface area (Å²) in [5, 5.41) is 0. The largest absolute Gasteiger partial charge is 0.490 e. The van der Waals surface area contributed by atoms with Crippen molar-refractivity contribution in [3.63, 3.8) is 0 Å². The Balaban J connectivity index is 1.91. The van der Waals surface area contributed by atoms with Crippen LogP contribution in [0.5, 0.6) is 5.75 Å². The highest BCUT2D eigenvalue weighted by Gasteiger charge is 2.40. The first-order valence-corrected chi connectivity index (χ1v) is 4.20. The Morgan fingerprint density at radius 3 is 2.62 bits per heavy atom. The zero-order valence-electron chi connectivity index (χ0n) is 7.42. The van der Waals surface area contributed by atoms with E-state index in [1.165, 1.54) is 12.1 Å². The van der Waals surface area contributed by atoms with Gasteiger partial charge in [-0.25, -0.2) is 4.39 Å². The summed E-state index contributed by atoms with van der Waals surface area (Å²) in [6.45, 7) is 3.25. The van der Waals surface area contributed by atoms with E-state index in [0.717, 1.165) is 6.61 Å². The Kier molecular flexibility index (Phi) is 1.96. The molecule has 1 unspecified atom stereocenters. The number of halogens is 1. The fraction of sp³-hybridized carbons (Fsp3) is 0.400. The van der Waals surface area contributed by atoms with Gasteiger partial charge in [-0.1, -0.05) is 0 Å². The van der Waals surface area contributed by atoms with Crippen molar-refractivity contribution in [3.05, 3.63) is 30.1 Å². The Morgan fingerprint density at radius 1 is 1.46 bits per heavy atom. The van der Waals surface area contributed by atoms with Crippen LogP contribution in [0.15, 0.2) is 24.3 Å². The summed E-state index contributed by atoms with van der Waals surface area (Å²) in [5.41, 5.74) is -0.117. The van der Waals surface area contributed by atoms with Gasteiger partial charge in [-0.2, -0.15) is 0 Å². The molecule has 0 amide bonds. The highest BCUT2D eigenvalue weighted by molar-refractivity contribution is 5.22. The summed E-state index contributed by atoms with van der Waals surface area (Å²) >= 11 is 0. The molecule has 0 spiro atoms. The summed E-state index contributed by atoms with van der Waals surface area (Å²) in [4.78, 5) is 0. The highest BCUT2D eigenvalue weighted by atomic mass is 19.1. The van der Waals surface area contributed by atoms with Gasteiger partial charge < -0.3 is 9.47 Å². The molecule has 0 N–H and O–H groups in total. The van der Waals surface area contributed by atoms with Gasteiger partial charge in [-0.3, -0.25) is 0 Å². The maximum absolute atomic E-state index is 12.5. The van der Waals surface area contributed by atoms with Crippen molar-refractivity contribution < 1.29 is 13.9 Å². The number of hydrogen-bond acceptors (Lipinski definition) is 2.